The van der Waals surface area contributed by atoms with Crippen LogP contribution in [0.3, 0.4) is 0 Å². The van der Waals surface area contributed by atoms with Crippen molar-refractivity contribution in [3.8, 4) is 0 Å². The molecule has 0 bridgehead atoms. The van der Waals surface area contributed by atoms with E-state index in [0.717, 1.165) is 0 Å². The number of carbonyl (C=O) groups excluding carboxylic acids is 2. The molecule has 0 aromatic rings. The molecular weight excluding hydrogens is 216 g/mol. The van der Waals surface area contributed by atoms with E-state index in [1.807, 2.05) is 0 Å². The Labute approximate surface area is 85.6 Å². The molecule has 0 heterocycles. The smallest absolute Gasteiger partial charge is 0.333 e. The summed E-state index contributed by atoms with van der Waals surface area (Å²) >= 11 is 0.404. The third-order valence-electron chi connectivity index (χ3n) is 1.38. The van der Waals surface area contributed by atoms with Gasteiger partial charge in [0.05, 0.1) is 6.61 Å². The van der Waals surface area contributed by atoms with E-state index in [9.17, 15) is 9.59 Å². The molecule has 0 aliphatic heterocycles. The fourth-order valence-electron chi connectivity index (χ4n) is 0.762. The number of esters is 1. The Kier molecular flexibility index (Phi) is 6.80. The number of carbonyl (C=O) groups is 2. The lowest BCUT2D eigenvalue weighted by atomic mass is 10.1. The van der Waals surface area contributed by atoms with Crippen LogP contribution in [0.15, 0.2) is 0 Å². The molecule has 0 amide bonds. The summed E-state index contributed by atoms with van der Waals surface area (Å²) in [5.41, 5.74) is 0. The van der Waals surface area contributed by atoms with Gasteiger partial charge in [-0.3, -0.25) is 9.59 Å². The van der Waals surface area contributed by atoms with Crippen LogP contribution >= 0.6 is 21.9 Å². The molecule has 0 saturated heterocycles. The Balaban J connectivity index is 4.15. The molecule has 0 N–H and O–H groups in total. The molecule has 0 aromatic heterocycles. The topological polar surface area (TPSA) is 52.6 Å². The van der Waals surface area contributed by atoms with Crippen LogP contribution in [0.25, 0.3) is 0 Å². The maximum absolute atomic E-state index is 11.1. The quantitative estimate of drug-likeness (QED) is 0.407. The summed E-state index contributed by atoms with van der Waals surface area (Å²) in [4.78, 5) is 22.2. The van der Waals surface area contributed by atoms with Gasteiger partial charge in [0, 0.05) is 10.7 Å². The number of rotatable bonds is 5. The zero-order chi connectivity index (χ0) is 10.3. The first-order chi connectivity index (χ1) is 6.17. The van der Waals surface area contributed by atoms with E-state index in [-0.39, 0.29) is 6.61 Å². The van der Waals surface area contributed by atoms with Crippen molar-refractivity contribution in [2.45, 2.75) is 20.3 Å². The first-order valence-electron chi connectivity index (χ1n) is 3.83. The predicted molar refractivity (Wildman–Crippen MR) is 50.0 cm³/mol. The summed E-state index contributed by atoms with van der Waals surface area (Å²) in [7, 11) is 5.10. The zero-order valence-electron chi connectivity index (χ0n) is 7.41. The van der Waals surface area contributed by atoms with Crippen molar-refractivity contribution in [2.75, 3.05) is 6.61 Å². The average molecular weight is 227 g/mol. The molecule has 76 valence electrons. The first kappa shape index (κ1) is 12.6. The van der Waals surface area contributed by atoms with Gasteiger partial charge in [-0.1, -0.05) is 6.92 Å². The highest BCUT2D eigenvalue weighted by Crippen LogP contribution is 2.15. The second-order valence-corrected chi connectivity index (χ2v) is 2.85. The van der Waals surface area contributed by atoms with Crippen LogP contribution in [0.4, 0.5) is 0 Å². The van der Waals surface area contributed by atoms with Gasteiger partial charge in [0.2, 0.25) is 0 Å². The molecule has 1 atom stereocenters. The van der Waals surface area contributed by atoms with Crippen LogP contribution in [0.2, 0.25) is 0 Å². The second kappa shape index (κ2) is 7.03. The minimum absolute atomic E-state index is 0.247. The van der Waals surface area contributed by atoms with Gasteiger partial charge >= 0.3 is 11.9 Å². The molecule has 0 aliphatic carbocycles. The van der Waals surface area contributed by atoms with Crippen molar-refractivity contribution in [3.63, 3.8) is 0 Å². The molecule has 0 saturated carbocycles. The molecule has 4 nitrogen and oxygen atoms in total. The van der Waals surface area contributed by atoms with Gasteiger partial charge in [-0.2, -0.15) is 0 Å². The monoisotopic (exact) mass is 226 g/mol. The van der Waals surface area contributed by atoms with E-state index < -0.39 is 17.9 Å². The van der Waals surface area contributed by atoms with Crippen LogP contribution in [0, 0.1) is 5.92 Å². The van der Waals surface area contributed by atoms with Crippen molar-refractivity contribution in [1.29, 1.82) is 0 Å². The lowest BCUT2D eigenvalue weighted by Gasteiger charge is -2.09. The van der Waals surface area contributed by atoms with Gasteiger partial charge in [-0.15, -0.1) is 0 Å². The van der Waals surface area contributed by atoms with Gasteiger partial charge in [-0.25, -0.2) is 0 Å². The van der Waals surface area contributed by atoms with E-state index >= 15 is 0 Å². The molecule has 6 heteroatoms. The third-order valence-corrected chi connectivity index (χ3v) is 1.79. The fraction of sp³-hybridized carbons (Fsp3) is 0.714. The highest BCUT2D eigenvalue weighted by Gasteiger charge is 2.27. The second-order valence-electron chi connectivity index (χ2n) is 2.18. The molecule has 0 rings (SSSR count). The summed E-state index contributed by atoms with van der Waals surface area (Å²) in [6.07, 6.45) is 0.342. The summed E-state index contributed by atoms with van der Waals surface area (Å²) in [6, 6.07) is 0. The maximum Gasteiger partial charge on any atom is 0.333 e. The van der Waals surface area contributed by atoms with Crippen molar-refractivity contribution in [2.24, 2.45) is 5.92 Å². The van der Waals surface area contributed by atoms with E-state index in [0.29, 0.717) is 17.7 Å². The summed E-state index contributed by atoms with van der Waals surface area (Å²) in [5, 5.41) is 0. The molecule has 0 fully saturated rings. The normalized spacial score (nSPS) is 11.9. The van der Waals surface area contributed by atoms with Crippen LogP contribution in [0.1, 0.15) is 20.3 Å². The van der Waals surface area contributed by atoms with E-state index in [2.05, 4.69) is 8.92 Å². The zero-order valence-corrected chi connectivity index (χ0v) is 8.98. The number of hydrogen-bond donors (Lipinski definition) is 0. The van der Waals surface area contributed by atoms with Crippen LogP contribution < -0.4 is 0 Å². The van der Waals surface area contributed by atoms with Crippen molar-refractivity contribution in [1.82, 2.24) is 0 Å². The third kappa shape index (κ3) is 4.38. The molecule has 0 aromatic carbocycles. The molecule has 0 spiro atoms. The Morgan fingerprint density at radius 1 is 1.38 bits per heavy atom. The van der Waals surface area contributed by atoms with E-state index in [1.165, 1.54) is 0 Å². The summed E-state index contributed by atoms with van der Waals surface area (Å²) < 4.78 is 9.07. The summed E-state index contributed by atoms with van der Waals surface area (Å²) in [6.45, 7) is 3.62. The minimum atomic E-state index is -0.869. The molecule has 0 aliphatic rings. The highest BCUT2D eigenvalue weighted by atomic mass is 35.7. The van der Waals surface area contributed by atoms with Gasteiger partial charge in [0.15, 0.2) is 17.2 Å². The molecule has 0 radical (unpaired) electrons. The van der Waals surface area contributed by atoms with Gasteiger partial charge in [0.25, 0.3) is 0 Å². The standard InChI is InChI=1S/C7H11ClO4S/c1-3-5(6(9)11-4-2)7(10)12-13-8/h5H,3-4H2,1-2H3. The lowest BCUT2D eigenvalue weighted by Crippen LogP contribution is -2.25. The predicted octanol–water partition coefficient (Wildman–Crippen LogP) is 1.92. The Bertz CT molecular complexity index is 167. The lowest BCUT2D eigenvalue weighted by molar-refractivity contribution is -0.156. The van der Waals surface area contributed by atoms with Gasteiger partial charge in [0.1, 0.15) is 0 Å². The van der Waals surface area contributed by atoms with Crippen LogP contribution in [-0.2, 0) is 18.5 Å². The van der Waals surface area contributed by atoms with Gasteiger partial charge in [-0.05, 0) is 13.3 Å². The number of ether oxygens (including phenoxy) is 1. The van der Waals surface area contributed by atoms with Gasteiger partial charge < -0.3 is 8.92 Å². The van der Waals surface area contributed by atoms with Crippen LogP contribution in [-0.4, -0.2) is 18.5 Å². The molecule has 13 heavy (non-hydrogen) atoms. The van der Waals surface area contributed by atoms with E-state index in [4.69, 9.17) is 10.7 Å². The average Bonchev–Trinajstić information content (AvgIpc) is 2.06. The van der Waals surface area contributed by atoms with Crippen molar-refractivity contribution < 1.29 is 18.5 Å². The Morgan fingerprint density at radius 3 is 2.38 bits per heavy atom. The van der Waals surface area contributed by atoms with Crippen molar-refractivity contribution in [3.05, 3.63) is 0 Å². The molecular formula is C7H11ClO4S. The Hall–Kier alpha value is -0.420. The van der Waals surface area contributed by atoms with Crippen molar-refractivity contribution >= 4 is 33.9 Å². The largest absolute Gasteiger partial charge is 0.465 e. The number of halogens is 1. The first-order valence-corrected chi connectivity index (χ1v) is 5.39. The fourth-order valence-corrected chi connectivity index (χ4v) is 1.13. The number of hydrogen-bond acceptors (Lipinski definition) is 5. The summed E-state index contributed by atoms with van der Waals surface area (Å²) in [5.74, 6) is -2.10. The Morgan fingerprint density at radius 2 is 2.00 bits per heavy atom. The van der Waals surface area contributed by atoms with E-state index in [1.54, 1.807) is 13.8 Å². The maximum atomic E-state index is 11.1. The highest BCUT2D eigenvalue weighted by molar-refractivity contribution is 8.17. The molecule has 1 unspecified atom stereocenters. The minimum Gasteiger partial charge on any atom is -0.465 e. The SMILES string of the molecule is CCOC(=O)C(CC)C(=O)OSCl. The van der Waals surface area contributed by atoms with Crippen LogP contribution in [0.5, 0.6) is 0 Å².